The monoisotopic (exact) mass is 400 g/mol. The molecule has 152 valence electrons. The summed E-state index contributed by atoms with van der Waals surface area (Å²) < 4.78 is 20.4. The van der Waals surface area contributed by atoms with Crippen LogP contribution >= 0.6 is 0 Å². The average molecular weight is 400 g/mol. The van der Waals surface area contributed by atoms with Gasteiger partial charge < -0.3 is 18.9 Å². The molecule has 0 heterocycles. The van der Waals surface area contributed by atoms with E-state index in [9.17, 15) is 19.2 Å². The van der Waals surface area contributed by atoms with Gasteiger partial charge in [0.1, 0.15) is 35.3 Å². The maximum atomic E-state index is 12.3. The fraction of sp³-hybridized carbons (Fsp3) is 0.238. The minimum Gasteiger partial charge on any atom is -0.458 e. The molecule has 0 fully saturated rings. The van der Waals surface area contributed by atoms with Gasteiger partial charge in [-0.3, -0.25) is 9.59 Å². The summed E-state index contributed by atoms with van der Waals surface area (Å²) in [5.74, 6) is -2.46. The Kier molecular flexibility index (Phi) is 7.47. The van der Waals surface area contributed by atoms with Gasteiger partial charge in [0.2, 0.25) is 0 Å². The average Bonchev–Trinajstić information content (AvgIpc) is 2.66. The third-order valence-corrected chi connectivity index (χ3v) is 3.48. The molecule has 0 aliphatic rings. The number of carbonyl (C=O) groups is 4. The van der Waals surface area contributed by atoms with Crippen molar-refractivity contribution >= 4 is 23.9 Å². The standard InChI is InChI=1S/C21H20O8/c1-13(27-21(25)17-9-5-7-11-19(17)29-15(3)23)12-26-20(24)16-8-4-6-10-18(16)28-14(2)22/h4-11,13H,12H2,1-3H3. The lowest BCUT2D eigenvalue weighted by atomic mass is 10.2. The van der Waals surface area contributed by atoms with E-state index in [1.807, 2.05) is 0 Å². The van der Waals surface area contributed by atoms with Crippen LogP contribution in [-0.4, -0.2) is 36.6 Å². The molecular weight excluding hydrogens is 380 g/mol. The Morgan fingerprint density at radius 3 is 1.69 bits per heavy atom. The van der Waals surface area contributed by atoms with Crippen molar-refractivity contribution in [3.05, 3.63) is 59.7 Å². The minimum atomic E-state index is -0.780. The summed E-state index contributed by atoms with van der Waals surface area (Å²) in [4.78, 5) is 46.9. The fourth-order valence-electron chi connectivity index (χ4n) is 2.31. The molecule has 8 heteroatoms. The zero-order chi connectivity index (χ0) is 21.4. The summed E-state index contributed by atoms with van der Waals surface area (Å²) in [5, 5.41) is 0. The van der Waals surface area contributed by atoms with Gasteiger partial charge in [-0.05, 0) is 31.2 Å². The maximum absolute atomic E-state index is 12.3. The Morgan fingerprint density at radius 2 is 1.21 bits per heavy atom. The van der Waals surface area contributed by atoms with Crippen molar-refractivity contribution in [2.24, 2.45) is 0 Å². The molecule has 0 radical (unpaired) electrons. The number of esters is 4. The molecule has 29 heavy (non-hydrogen) atoms. The molecule has 0 aromatic heterocycles. The van der Waals surface area contributed by atoms with Gasteiger partial charge in [-0.15, -0.1) is 0 Å². The van der Waals surface area contributed by atoms with Gasteiger partial charge in [0.15, 0.2) is 0 Å². The zero-order valence-corrected chi connectivity index (χ0v) is 16.2. The molecule has 8 nitrogen and oxygen atoms in total. The summed E-state index contributed by atoms with van der Waals surface area (Å²) in [6.07, 6.45) is -0.780. The summed E-state index contributed by atoms with van der Waals surface area (Å²) in [6.45, 7) is 3.75. The van der Waals surface area contributed by atoms with E-state index in [0.29, 0.717) is 0 Å². The van der Waals surface area contributed by atoms with Crippen molar-refractivity contribution in [2.45, 2.75) is 26.9 Å². The van der Waals surface area contributed by atoms with Crippen LogP contribution in [0.1, 0.15) is 41.5 Å². The van der Waals surface area contributed by atoms with Crippen LogP contribution in [0.15, 0.2) is 48.5 Å². The van der Waals surface area contributed by atoms with Crippen molar-refractivity contribution < 1.29 is 38.1 Å². The summed E-state index contributed by atoms with van der Waals surface area (Å²) in [6, 6.07) is 12.3. The van der Waals surface area contributed by atoms with Crippen molar-refractivity contribution in [1.82, 2.24) is 0 Å². The first-order valence-corrected chi connectivity index (χ1v) is 8.71. The zero-order valence-electron chi connectivity index (χ0n) is 16.2. The molecule has 2 aromatic carbocycles. The Bertz CT molecular complexity index is 918. The number of benzene rings is 2. The first kappa shape index (κ1) is 21.6. The molecule has 0 aliphatic heterocycles. The van der Waals surface area contributed by atoms with E-state index in [1.54, 1.807) is 24.3 Å². The number of ether oxygens (including phenoxy) is 4. The lowest BCUT2D eigenvalue weighted by Gasteiger charge is -2.15. The Morgan fingerprint density at radius 1 is 0.759 bits per heavy atom. The van der Waals surface area contributed by atoms with Gasteiger partial charge in [-0.25, -0.2) is 9.59 Å². The van der Waals surface area contributed by atoms with Crippen LogP contribution in [0, 0.1) is 0 Å². The summed E-state index contributed by atoms with van der Waals surface area (Å²) in [7, 11) is 0. The van der Waals surface area contributed by atoms with Crippen LogP contribution in [0.25, 0.3) is 0 Å². The van der Waals surface area contributed by atoms with Gasteiger partial charge in [0, 0.05) is 13.8 Å². The van der Waals surface area contributed by atoms with Gasteiger partial charge in [0.05, 0.1) is 0 Å². The molecule has 0 saturated heterocycles. The lowest BCUT2D eigenvalue weighted by molar-refractivity contribution is -0.132. The van der Waals surface area contributed by atoms with Crippen LogP contribution in [-0.2, 0) is 19.1 Å². The van der Waals surface area contributed by atoms with Crippen LogP contribution in [0.4, 0.5) is 0 Å². The molecule has 0 bridgehead atoms. The quantitative estimate of drug-likeness (QED) is 0.516. The molecule has 0 N–H and O–H groups in total. The van der Waals surface area contributed by atoms with Crippen LogP contribution in [0.2, 0.25) is 0 Å². The molecule has 2 rings (SSSR count). The molecule has 0 aliphatic carbocycles. The highest BCUT2D eigenvalue weighted by Gasteiger charge is 2.20. The third kappa shape index (κ3) is 6.46. The van der Waals surface area contributed by atoms with Crippen molar-refractivity contribution in [2.75, 3.05) is 6.61 Å². The summed E-state index contributed by atoms with van der Waals surface area (Å²) in [5.41, 5.74) is 0.141. The molecule has 2 aromatic rings. The van der Waals surface area contributed by atoms with E-state index in [1.165, 1.54) is 45.0 Å². The molecule has 0 spiro atoms. The Balaban J connectivity index is 1.98. The first-order valence-electron chi connectivity index (χ1n) is 8.71. The van der Waals surface area contributed by atoms with Crippen molar-refractivity contribution in [3.8, 4) is 11.5 Å². The van der Waals surface area contributed by atoms with Crippen LogP contribution in [0.3, 0.4) is 0 Å². The lowest BCUT2D eigenvalue weighted by Crippen LogP contribution is -2.23. The van der Waals surface area contributed by atoms with Crippen molar-refractivity contribution in [3.63, 3.8) is 0 Å². The highest BCUT2D eigenvalue weighted by Crippen LogP contribution is 2.21. The predicted octanol–water partition coefficient (Wildman–Crippen LogP) is 2.94. The smallest absolute Gasteiger partial charge is 0.342 e. The SMILES string of the molecule is CC(=O)Oc1ccccc1C(=O)OCC(C)OC(=O)c1ccccc1OC(C)=O. The number of hydrogen-bond acceptors (Lipinski definition) is 8. The molecule has 0 saturated carbocycles. The van der Waals surface area contributed by atoms with E-state index in [0.717, 1.165) is 0 Å². The highest BCUT2D eigenvalue weighted by atomic mass is 16.6. The largest absolute Gasteiger partial charge is 0.458 e. The second-order valence-corrected chi connectivity index (χ2v) is 5.99. The number of hydrogen-bond donors (Lipinski definition) is 0. The Hall–Kier alpha value is -3.68. The van der Waals surface area contributed by atoms with E-state index in [2.05, 4.69) is 0 Å². The van der Waals surface area contributed by atoms with E-state index < -0.39 is 30.0 Å². The van der Waals surface area contributed by atoms with E-state index in [4.69, 9.17) is 18.9 Å². The molecular formula is C21H20O8. The number of rotatable bonds is 7. The van der Waals surface area contributed by atoms with Crippen LogP contribution in [0.5, 0.6) is 11.5 Å². The molecule has 1 unspecified atom stereocenters. The fourth-order valence-corrected chi connectivity index (χ4v) is 2.31. The van der Waals surface area contributed by atoms with Gasteiger partial charge in [-0.2, -0.15) is 0 Å². The van der Waals surface area contributed by atoms with Gasteiger partial charge >= 0.3 is 23.9 Å². The van der Waals surface area contributed by atoms with E-state index >= 15 is 0 Å². The maximum Gasteiger partial charge on any atom is 0.342 e. The molecule has 0 amide bonds. The second-order valence-electron chi connectivity index (χ2n) is 5.99. The topological polar surface area (TPSA) is 105 Å². The minimum absolute atomic E-state index is 0.0704. The van der Waals surface area contributed by atoms with Crippen LogP contribution < -0.4 is 9.47 Å². The predicted molar refractivity (Wildman–Crippen MR) is 101 cm³/mol. The van der Waals surface area contributed by atoms with Gasteiger partial charge in [0.25, 0.3) is 0 Å². The Labute approximate surface area is 167 Å². The normalized spacial score (nSPS) is 11.1. The summed E-state index contributed by atoms with van der Waals surface area (Å²) >= 11 is 0. The van der Waals surface area contributed by atoms with Gasteiger partial charge in [-0.1, -0.05) is 24.3 Å². The van der Waals surface area contributed by atoms with Crippen molar-refractivity contribution in [1.29, 1.82) is 0 Å². The second kappa shape index (κ2) is 10.0. The number of para-hydroxylation sites is 2. The van der Waals surface area contributed by atoms with E-state index in [-0.39, 0.29) is 29.2 Å². The number of carbonyl (C=O) groups excluding carboxylic acids is 4. The highest BCUT2D eigenvalue weighted by molar-refractivity contribution is 5.94. The third-order valence-electron chi connectivity index (χ3n) is 3.48. The first-order chi connectivity index (χ1) is 13.8. The molecule has 1 atom stereocenters.